The zero-order valence-electron chi connectivity index (χ0n) is 5.38. The fraction of sp³-hybridized carbons (Fsp3) is 1.00. The molecule has 0 radical (unpaired) electrons. The zero-order chi connectivity index (χ0) is 6.85. The molecule has 0 aromatic carbocycles. The molecular weight excluding hydrogens is 184 g/mol. The summed E-state index contributed by atoms with van der Waals surface area (Å²) in [6.45, 7) is 2.83. The molecule has 0 amide bonds. The van der Waals surface area contributed by atoms with Crippen LogP contribution in [0.2, 0.25) is 0 Å². The normalized spacial score (nSPS) is 33.0. The van der Waals surface area contributed by atoms with Gasteiger partial charge in [-0.25, -0.2) is 0 Å². The Balaban J connectivity index is 2.23. The summed E-state index contributed by atoms with van der Waals surface area (Å²) in [5, 5.41) is 8.58. The molecule has 1 rings (SSSR count). The lowest BCUT2D eigenvalue weighted by atomic mass is 10.00. The van der Waals surface area contributed by atoms with Gasteiger partial charge in [-0.1, -0.05) is 22.9 Å². The Kier molecular flexibility index (Phi) is 2.50. The SMILES string of the molecule is CC(C(O)Br)C1CCO1. The molecule has 0 aromatic heterocycles. The lowest BCUT2D eigenvalue weighted by Gasteiger charge is -2.32. The van der Waals surface area contributed by atoms with Crippen molar-refractivity contribution in [1.82, 2.24) is 0 Å². The van der Waals surface area contributed by atoms with Crippen LogP contribution in [0.1, 0.15) is 13.3 Å². The fourth-order valence-electron chi connectivity index (χ4n) is 0.846. The molecule has 0 aliphatic carbocycles. The highest BCUT2D eigenvalue weighted by atomic mass is 79.9. The second-order valence-corrected chi connectivity index (χ2v) is 3.37. The molecule has 0 spiro atoms. The lowest BCUT2D eigenvalue weighted by molar-refractivity contribution is -0.0940. The van der Waals surface area contributed by atoms with E-state index in [4.69, 9.17) is 9.84 Å². The predicted octanol–water partition coefficient (Wildman–Crippen LogP) is 1.12. The van der Waals surface area contributed by atoms with Crippen LogP contribution in [0.15, 0.2) is 0 Å². The van der Waals surface area contributed by atoms with Gasteiger partial charge in [0.2, 0.25) is 0 Å². The van der Waals surface area contributed by atoms with E-state index in [1.54, 1.807) is 0 Å². The van der Waals surface area contributed by atoms with Gasteiger partial charge in [-0.15, -0.1) is 0 Å². The Morgan fingerprint density at radius 1 is 1.78 bits per heavy atom. The van der Waals surface area contributed by atoms with Crippen LogP contribution in [0, 0.1) is 5.92 Å². The van der Waals surface area contributed by atoms with E-state index in [1.165, 1.54) is 0 Å². The largest absolute Gasteiger partial charge is 0.381 e. The minimum atomic E-state index is -0.414. The Bertz CT molecular complexity index is 91.1. The van der Waals surface area contributed by atoms with E-state index in [1.807, 2.05) is 6.92 Å². The second-order valence-electron chi connectivity index (χ2n) is 2.43. The van der Waals surface area contributed by atoms with Gasteiger partial charge >= 0.3 is 0 Å². The first kappa shape index (κ1) is 7.51. The van der Waals surface area contributed by atoms with Crippen LogP contribution in [-0.4, -0.2) is 22.8 Å². The molecule has 0 aromatic rings. The first-order chi connectivity index (χ1) is 4.22. The molecule has 1 heterocycles. The molecule has 54 valence electrons. The summed E-state index contributed by atoms with van der Waals surface area (Å²) in [4.78, 5) is 0. The van der Waals surface area contributed by atoms with E-state index in [9.17, 15) is 0 Å². The number of hydrogen-bond donors (Lipinski definition) is 1. The Morgan fingerprint density at radius 2 is 2.33 bits per heavy atom. The summed E-state index contributed by atoms with van der Waals surface area (Å²) >= 11 is 3.09. The van der Waals surface area contributed by atoms with E-state index in [2.05, 4.69) is 15.9 Å². The van der Waals surface area contributed by atoms with Crippen molar-refractivity contribution in [2.24, 2.45) is 5.92 Å². The van der Waals surface area contributed by atoms with Gasteiger partial charge < -0.3 is 9.84 Å². The molecule has 1 saturated heterocycles. The first-order valence-electron chi connectivity index (χ1n) is 3.15. The molecule has 1 aliphatic heterocycles. The molecule has 3 atom stereocenters. The Hall–Kier alpha value is 0.400. The van der Waals surface area contributed by atoms with Gasteiger partial charge in [0, 0.05) is 12.5 Å². The average molecular weight is 195 g/mol. The van der Waals surface area contributed by atoms with Crippen LogP contribution < -0.4 is 0 Å². The third kappa shape index (κ3) is 1.66. The van der Waals surface area contributed by atoms with Crippen LogP contribution in [0.25, 0.3) is 0 Å². The summed E-state index contributed by atoms with van der Waals surface area (Å²) in [5.74, 6) is 0.221. The lowest BCUT2D eigenvalue weighted by Crippen LogP contribution is -2.37. The molecule has 9 heavy (non-hydrogen) atoms. The number of aliphatic hydroxyl groups excluding tert-OH is 1. The van der Waals surface area contributed by atoms with E-state index in [0.717, 1.165) is 13.0 Å². The third-order valence-corrected chi connectivity index (χ3v) is 2.59. The van der Waals surface area contributed by atoms with Gasteiger partial charge in [0.05, 0.1) is 6.10 Å². The van der Waals surface area contributed by atoms with E-state index < -0.39 is 5.01 Å². The van der Waals surface area contributed by atoms with Crippen LogP contribution in [0.4, 0.5) is 0 Å². The summed E-state index contributed by atoms with van der Waals surface area (Å²) < 4.78 is 5.16. The number of hydrogen-bond acceptors (Lipinski definition) is 2. The molecule has 1 aliphatic rings. The summed E-state index contributed by atoms with van der Waals surface area (Å²) in [6.07, 6.45) is 1.36. The maximum Gasteiger partial charge on any atom is 0.114 e. The molecule has 2 nitrogen and oxygen atoms in total. The molecule has 3 heteroatoms. The minimum absolute atomic E-state index is 0.221. The van der Waals surface area contributed by atoms with Gasteiger partial charge in [-0.3, -0.25) is 0 Å². The highest BCUT2D eigenvalue weighted by molar-refractivity contribution is 9.09. The van der Waals surface area contributed by atoms with E-state index in [-0.39, 0.29) is 12.0 Å². The number of rotatable bonds is 2. The summed E-state index contributed by atoms with van der Waals surface area (Å²) in [5.41, 5.74) is 0. The van der Waals surface area contributed by atoms with Gasteiger partial charge in [-0.2, -0.15) is 0 Å². The third-order valence-electron chi connectivity index (χ3n) is 1.75. The van der Waals surface area contributed by atoms with Crippen molar-refractivity contribution in [3.63, 3.8) is 0 Å². The van der Waals surface area contributed by atoms with Gasteiger partial charge in [0.15, 0.2) is 0 Å². The monoisotopic (exact) mass is 194 g/mol. The van der Waals surface area contributed by atoms with Crippen LogP contribution in [0.3, 0.4) is 0 Å². The number of halogens is 1. The molecule has 1 N–H and O–H groups in total. The maximum absolute atomic E-state index is 8.99. The van der Waals surface area contributed by atoms with Crippen molar-refractivity contribution in [1.29, 1.82) is 0 Å². The van der Waals surface area contributed by atoms with Crippen molar-refractivity contribution in [2.45, 2.75) is 24.5 Å². The summed E-state index contributed by atoms with van der Waals surface area (Å²) in [7, 11) is 0. The van der Waals surface area contributed by atoms with Crippen molar-refractivity contribution >= 4 is 15.9 Å². The van der Waals surface area contributed by atoms with Gasteiger partial charge in [0.1, 0.15) is 5.01 Å². The topological polar surface area (TPSA) is 29.5 Å². The number of ether oxygens (including phenoxy) is 1. The average Bonchev–Trinajstić information content (AvgIpc) is 1.60. The second kappa shape index (κ2) is 2.99. The van der Waals surface area contributed by atoms with Gasteiger partial charge in [0.25, 0.3) is 0 Å². The predicted molar refractivity (Wildman–Crippen MR) is 38.5 cm³/mol. The first-order valence-corrected chi connectivity index (χ1v) is 4.07. The van der Waals surface area contributed by atoms with Crippen LogP contribution in [0.5, 0.6) is 0 Å². The highest BCUT2D eigenvalue weighted by Gasteiger charge is 2.28. The van der Waals surface area contributed by atoms with Crippen molar-refractivity contribution < 1.29 is 9.84 Å². The molecule has 0 saturated carbocycles. The number of alkyl halides is 1. The van der Waals surface area contributed by atoms with Crippen LogP contribution >= 0.6 is 15.9 Å². The number of aliphatic hydroxyl groups is 1. The van der Waals surface area contributed by atoms with E-state index in [0.29, 0.717) is 0 Å². The fourth-order valence-corrected chi connectivity index (χ4v) is 1.19. The highest BCUT2D eigenvalue weighted by Crippen LogP contribution is 2.24. The minimum Gasteiger partial charge on any atom is -0.381 e. The van der Waals surface area contributed by atoms with Crippen LogP contribution in [-0.2, 0) is 4.74 Å². The summed E-state index contributed by atoms with van der Waals surface area (Å²) in [6, 6.07) is 0. The standard InChI is InChI=1S/C6H11BrO2/c1-4(6(7)8)5-2-3-9-5/h4-6,8H,2-3H2,1H3. The van der Waals surface area contributed by atoms with Crippen molar-refractivity contribution in [3.05, 3.63) is 0 Å². The Morgan fingerprint density at radius 3 is 2.44 bits per heavy atom. The molecule has 1 fully saturated rings. The van der Waals surface area contributed by atoms with E-state index >= 15 is 0 Å². The molecular formula is C6H11BrO2. The quantitative estimate of drug-likeness (QED) is 0.669. The van der Waals surface area contributed by atoms with Gasteiger partial charge in [-0.05, 0) is 6.42 Å². The zero-order valence-corrected chi connectivity index (χ0v) is 6.97. The Labute approximate surface area is 63.3 Å². The van der Waals surface area contributed by atoms with Crippen molar-refractivity contribution in [2.75, 3.05) is 6.61 Å². The van der Waals surface area contributed by atoms with Crippen molar-refractivity contribution in [3.8, 4) is 0 Å². The molecule has 3 unspecified atom stereocenters. The molecule has 0 bridgehead atoms. The maximum atomic E-state index is 8.99. The smallest absolute Gasteiger partial charge is 0.114 e.